The fourth-order valence-electron chi connectivity index (χ4n) is 2.98. The number of hydrogen-bond acceptors (Lipinski definition) is 3. The van der Waals surface area contributed by atoms with E-state index in [0.29, 0.717) is 17.4 Å². The largest absolute Gasteiger partial charge is 0.492 e. The first-order chi connectivity index (χ1) is 9.49. The van der Waals surface area contributed by atoms with Gasteiger partial charge in [0.05, 0.1) is 14.2 Å². The topological polar surface area (TPSA) is 35.5 Å². The van der Waals surface area contributed by atoms with Crippen molar-refractivity contribution in [1.29, 1.82) is 0 Å². The van der Waals surface area contributed by atoms with Crippen LogP contribution >= 0.6 is 0 Å². The second kappa shape index (κ2) is 5.70. The van der Waals surface area contributed by atoms with Gasteiger partial charge in [-0.05, 0) is 56.2 Å². The molecule has 3 heteroatoms. The Balaban J connectivity index is 2.70. The van der Waals surface area contributed by atoms with Crippen molar-refractivity contribution in [2.75, 3.05) is 14.2 Å². The lowest BCUT2D eigenvalue weighted by atomic mass is 9.80. The van der Waals surface area contributed by atoms with Gasteiger partial charge in [-0.15, -0.1) is 0 Å². The summed E-state index contributed by atoms with van der Waals surface area (Å²) in [6, 6.07) is 1.82. The van der Waals surface area contributed by atoms with E-state index in [2.05, 4.69) is 13.5 Å². The van der Waals surface area contributed by atoms with Crippen molar-refractivity contribution in [3.8, 4) is 11.5 Å². The summed E-state index contributed by atoms with van der Waals surface area (Å²) >= 11 is 0. The zero-order valence-electron chi connectivity index (χ0n) is 12.7. The molecule has 1 aliphatic carbocycles. The summed E-state index contributed by atoms with van der Waals surface area (Å²) in [7, 11) is 3.07. The van der Waals surface area contributed by atoms with Crippen molar-refractivity contribution in [3.05, 3.63) is 45.1 Å². The highest BCUT2D eigenvalue weighted by Crippen LogP contribution is 2.35. The molecule has 1 atom stereocenters. The molecule has 3 nitrogen and oxygen atoms in total. The van der Waals surface area contributed by atoms with Crippen LogP contribution in [-0.4, -0.2) is 14.2 Å². The van der Waals surface area contributed by atoms with Crippen LogP contribution in [-0.2, 0) is 12.8 Å². The molecule has 0 saturated heterocycles. The number of rotatable bonds is 3. The Morgan fingerprint density at radius 3 is 2.55 bits per heavy atom. The standard InChI is InChI=1S/C17H22O3/c1-10(2)12-6-7-13-14(9-12)11(3)8-15(19-4)16(18)17(13)20-5/h8,12H,1,6-7,9H2,2-5H3/t12-/m1/s1. The van der Waals surface area contributed by atoms with Gasteiger partial charge in [-0.25, -0.2) is 0 Å². The van der Waals surface area contributed by atoms with Gasteiger partial charge in [0.15, 0.2) is 11.5 Å². The molecule has 0 saturated carbocycles. The SMILES string of the molecule is C=C(C)[C@@H]1CCc2c(c(C)cc(OC)c(=O)c2OC)C1. The minimum atomic E-state index is -0.159. The van der Waals surface area contributed by atoms with E-state index in [-0.39, 0.29) is 5.43 Å². The quantitative estimate of drug-likeness (QED) is 0.795. The molecule has 1 aliphatic rings. The monoisotopic (exact) mass is 274 g/mol. The normalized spacial score (nSPS) is 17.3. The van der Waals surface area contributed by atoms with E-state index in [1.54, 1.807) is 7.11 Å². The molecule has 0 bridgehead atoms. The molecule has 2 rings (SSSR count). The molecule has 0 spiro atoms. The number of fused-ring (bicyclic) bond motifs is 1. The van der Waals surface area contributed by atoms with Crippen LogP contribution in [0.5, 0.6) is 11.5 Å². The highest BCUT2D eigenvalue weighted by Gasteiger charge is 2.25. The zero-order valence-corrected chi connectivity index (χ0v) is 12.7. The fourth-order valence-corrected chi connectivity index (χ4v) is 2.98. The van der Waals surface area contributed by atoms with Gasteiger partial charge in [0, 0.05) is 5.56 Å². The summed E-state index contributed by atoms with van der Waals surface area (Å²) in [5.41, 5.74) is 4.38. The molecule has 0 unspecified atom stereocenters. The number of methoxy groups -OCH3 is 2. The van der Waals surface area contributed by atoms with Crippen molar-refractivity contribution >= 4 is 0 Å². The highest BCUT2D eigenvalue weighted by atomic mass is 16.5. The molecule has 0 fully saturated rings. The maximum absolute atomic E-state index is 12.4. The summed E-state index contributed by atoms with van der Waals surface area (Å²) in [5, 5.41) is 0. The third-order valence-electron chi connectivity index (χ3n) is 4.21. The summed E-state index contributed by atoms with van der Waals surface area (Å²) in [6.45, 7) is 8.18. The van der Waals surface area contributed by atoms with Gasteiger partial charge in [-0.1, -0.05) is 12.2 Å². The lowest BCUT2D eigenvalue weighted by molar-refractivity contribution is 0.384. The number of aryl methyl sites for hydroxylation is 1. The zero-order chi connectivity index (χ0) is 14.9. The van der Waals surface area contributed by atoms with E-state index in [0.717, 1.165) is 30.4 Å². The summed E-state index contributed by atoms with van der Waals surface area (Å²) in [5.74, 6) is 1.26. The first-order valence-electron chi connectivity index (χ1n) is 6.92. The van der Waals surface area contributed by atoms with Crippen LogP contribution in [0.3, 0.4) is 0 Å². The Labute approximate surface area is 120 Å². The summed E-state index contributed by atoms with van der Waals surface area (Å²) in [4.78, 5) is 12.4. The van der Waals surface area contributed by atoms with Gasteiger partial charge in [0.2, 0.25) is 0 Å². The minimum absolute atomic E-state index is 0.159. The van der Waals surface area contributed by atoms with E-state index in [9.17, 15) is 4.79 Å². The third-order valence-corrected chi connectivity index (χ3v) is 4.21. The van der Waals surface area contributed by atoms with Gasteiger partial charge < -0.3 is 9.47 Å². The molecule has 0 heterocycles. The molecule has 20 heavy (non-hydrogen) atoms. The van der Waals surface area contributed by atoms with Crippen molar-refractivity contribution in [1.82, 2.24) is 0 Å². The Morgan fingerprint density at radius 1 is 1.30 bits per heavy atom. The average molecular weight is 274 g/mol. The molecule has 0 radical (unpaired) electrons. The van der Waals surface area contributed by atoms with Crippen molar-refractivity contribution in [3.63, 3.8) is 0 Å². The van der Waals surface area contributed by atoms with Crippen LogP contribution in [0.2, 0.25) is 0 Å². The number of allylic oxidation sites excluding steroid dienone is 1. The predicted octanol–water partition coefficient (Wildman–Crippen LogP) is 3.05. The van der Waals surface area contributed by atoms with Crippen molar-refractivity contribution in [2.45, 2.75) is 33.1 Å². The Kier molecular flexibility index (Phi) is 4.17. The maximum Gasteiger partial charge on any atom is 0.262 e. The summed E-state index contributed by atoms with van der Waals surface area (Å²) < 4.78 is 10.6. The molecule has 0 amide bonds. The molecule has 0 aliphatic heterocycles. The van der Waals surface area contributed by atoms with E-state index in [1.165, 1.54) is 18.2 Å². The molecular formula is C17H22O3. The van der Waals surface area contributed by atoms with Crippen LogP contribution in [0.25, 0.3) is 0 Å². The lowest BCUT2D eigenvalue weighted by Crippen LogP contribution is -2.17. The predicted molar refractivity (Wildman–Crippen MR) is 80.9 cm³/mol. The second-order valence-corrected chi connectivity index (χ2v) is 5.50. The Bertz CT molecular complexity index is 602. The Morgan fingerprint density at radius 2 is 2.00 bits per heavy atom. The van der Waals surface area contributed by atoms with Crippen LogP contribution < -0.4 is 14.9 Å². The minimum Gasteiger partial charge on any atom is -0.492 e. The van der Waals surface area contributed by atoms with Gasteiger partial charge in [-0.2, -0.15) is 0 Å². The highest BCUT2D eigenvalue weighted by molar-refractivity contribution is 5.49. The molecule has 1 aromatic carbocycles. The van der Waals surface area contributed by atoms with Gasteiger partial charge >= 0.3 is 0 Å². The van der Waals surface area contributed by atoms with Crippen LogP contribution in [0.4, 0.5) is 0 Å². The van der Waals surface area contributed by atoms with Gasteiger partial charge in [-0.3, -0.25) is 4.79 Å². The van der Waals surface area contributed by atoms with Crippen LogP contribution in [0.15, 0.2) is 23.0 Å². The van der Waals surface area contributed by atoms with Gasteiger partial charge in [0.25, 0.3) is 5.43 Å². The first-order valence-corrected chi connectivity index (χ1v) is 6.92. The van der Waals surface area contributed by atoms with E-state index in [4.69, 9.17) is 9.47 Å². The van der Waals surface area contributed by atoms with E-state index in [1.807, 2.05) is 13.0 Å². The molecule has 108 valence electrons. The number of ether oxygens (including phenoxy) is 2. The van der Waals surface area contributed by atoms with Crippen molar-refractivity contribution in [2.24, 2.45) is 5.92 Å². The molecule has 0 aromatic heterocycles. The van der Waals surface area contributed by atoms with Gasteiger partial charge in [0.1, 0.15) is 0 Å². The average Bonchev–Trinajstić information content (AvgIpc) is 2.54. The lowest BCUT2D eigenvalue weighted by Gasteiger charge is -2.25. The fraction of sp³-hybridized carbons (Fsp3) is 0.471. The van der Waals surface area contributed by atoms with Crippen LogP contribution in [0.1, 0.15) is 30.0 Å². The number of hydrogen-bond donors (Lipinski definition) is 0. The van der Waals surface area contributed by atoms with Crippen molar-refractivity contribution < 1.29 is 9.47 Å². The smallest absolute Gasteiger partial charge is 0.262 e. The molecule has 1 aromatic rings. The van der Waals surface area contributed by atoms with E-state index >= 15 is 0 Å². The molecular weight excluding hydrogens is 252 g/mol. The summed E-state index contributed by atoms with van der Waals surface area (Å²) in [6.07, 6.45) is 2.79. The maximum atomic E-state index is 12.4. The first kappa shape index (κ1) is 14.6. The second-order valence-electron chi connectivity index (χ2n) is 5.50. The van der Waals surface area contributed by atoms with E-state index < -0.39 is 0 Å². The Hall–Kier alpha value is -1.77. The molecule has 0 N–H and O–H groups in total. The third kappa shape index (κ3) is 2.45. The van der Waals surface area contributed by atoms with Crippen LogP contribution in [0, 0.1) is 12.8 Å².